The highest BCUT2D eigenvalue weighted by atomic mass is 16.5. The molecule has 0 bridgehead atoms. The van der Waals surface area contributed by atoms with Gasteiger partial charge in [0.2, 0.25) is 0 Å². The summed E-state index contributed by atoms with van der Waals surface area (Å²) in [6.45, 7) is 5.87. The van der Waals surface area contributed by atoms with Crippen LogP contribution in [-0.4, -0.2) is 27.4 Å². The number of methoxy groups -OCH3 is 1. The summed E-state index contributed by atoms with van der Waals surface area (Å²) in [5.74, 6) is 2.37. The molecule has 0 radical (unpaired) electrons. The first-order valence-electron chi connectivity index (χ1n) is 7.78. The van der Waals surface area contributed by atoms with Gasteiger partial charge in [0.05, 0.1) is 7.11 Å². The number of hydrogen-bond acceptors (Lipinski definition) is 4. The van der Waals surface area contributed by atoms with Crippen LogP contribution in [0.1, 0.15) is 16.7 Å². The van der Waals surface area contributed by atoms with Crippen molar-refractivity contribution in [1.82, 2.24) is 5.32 Å². The van der Waals surface area contributed by atoms with Crippen LogP contribution in [-0.2, 0) is 6.54 Å². The molecule has 0 spiro atoms. The van der Waals surface area contributed by atoms with E-state index in [0.717, 1.165) is 34.9 Å². The fraction of sp³-hybridized carbons (Fsp3) is 0.368. The Balaban J connectivity index is 1.91. The Morgan fingerprint density at radius 1 is 0.870 bits per heavy atom. The van der Waals surface area contributed by atoms with E-state index < -0.39 is 0 Å². The summed E-state index contributed by atoms with van der Waals surface area (Å²) in [5.41, 5.74) is 3.52. The third kappa shape index (κ3) is 4.89. The first-order chi connectivity index (χ1) is 11.1. The average Bonchev–Trinajstić information content (AvgIpc) is 2.54. The van der Waals surface area contributed by atoms with Gasteiger partial charge in [0.25, 0.3) is 0 Å². The molecular formula is C19H25NO3. The molecule has 2 aromatic carbocycles. The average molecular weight is 315 g/mol. The van der Waals surface area contributed by atoms with Crippen molar-refractivity contribution in [3.8, 4) is 17.2 Å². The fourth-order valence-corrected chi connectivity index (χ4v) is 2.41. The lowest BCUT2D eigenvalue weighted by Gasteiger charge is -2.14. The zero-order chi connectivity index (χ0) is 16.7. The molecule has 124 valence electrons. The second kappa shape index (κ2) is 8.44. The monoisotopic (exact) mass is 315 g/mol. The second-order valence-corrected chi connectivity index (χ2v) is 5.48. The van der Waals surface area contributed by atoms with Crippen LogP contribution >= 0.6 is 0 Å². The molecular weight excluding hydrogens is 290 g/mol. The van der Waals surface area contributed by atoms with Gasteiger partial charge in [-0.15, -0.1) is 0 Å². The third-order valence-corrected chi connectivity index (χ3v) is 3.54. The summed E-state index contributed by atoms with van der Waals surface area (Å²) >= 11 is 0. The molecule has 0 heterocycles. The van der Waals surface area contributed by atoms with Gasteiger partial charge in [-0.3, -0.25) is 0 Å². The van der Waals surface area contributed by atoms with Crippen molar-refractivity contribution in [2.24, 2.45) is 0 Å². The van der Waals surface area contributed by atoms with Crippen LogP contribution in [0.4, 0.5) is 0 Å². The van der Waals surface area contributed by atoms with E-state index in [4.69, 9.17) is 14.2 Å². The van der Waals surface area contributed by atoms with Gasteiger partial charge in [0.1, 0.15) is 19.0 Å². The molecule has 0 atom stereocenters. The Bertz CT molecular complexity index is 641. The van der Waals surface area contributed by atoms with Crippen molar-refractivity contribution >= 4 is 0 Å². The Kier molecular flexibility index (Phi) is 6.29. The van der Waals surface area contributed by atoms with Crippen LogP contribution in [0.2, 0.25) is 0 Å². The number of aryl methyl sites for hydroxylation is 2. The van der Waals surface area contributed by atoms with Crippen LogP contribution < -0.4 is 19.5 Å². The minimum Gasteiger partial charge on any atom is -0.493 e. The molecule has 2 rings (SSSR count). The van der Waals surface area contributed by atoms with Gasteiger partial charge >= 0.3 is 0 Å². The zero-order valence-electron chi connectivity index (χ0n) is 14.3. The molecule has 0 aliphatic carbocycles. The number of nitrogens with one attached hydrogen (secondary N) is 1. The maximum absolute atomic E-state index is 5.82. The molecule has 0 amide bonds. The molecule has 23 heavy (non-hydrogen) atoms. The summed E-state index contributed by atoms with van der Waals surface area (Å²) in [5, 5.41) is 3.13. The number of ether oxygens (including phenoxy) is 3. The Hall–Kier alpha value is -2.20. The predicted molar refractivity (Wildman–Crippen MR) is 92.7 cm³/mol. The molecule has 4 heteroatoms. The van der Waals surface area contributed by atoms with Crippen molar-refractivity contribution in [3.05, 3.63) is 53.1 Å². The number of benzene rings is 2. The standard InChI is InChI=1S/C19H25NO3/c1-14-5-7-17(15(2)11-14)22-9-10-23-19-12-16(13-20-3)6-8-18(19)21-4/h5-8,11-12,20H,9-10,13H2,1-4H3. The summed E-state index contributed by atoms with van der Waals surface area (Å²) in [4.78, 5) is 0. The van der Waals surface area contributed by atoms with Gasteiger partial charge in [-0.2, -0.15) is 0 Å². The maximum Gasteiger partial charge on any atom is 0.161 e. The van der Waals surface area contributed by atoms with E-state index in [-0.39, 0.29) is 0 Å². The molecule has 0 fully saturated rings. The summed E-state index contributed by atoms with van der Waals surface area (Å²) in [7, 11) is 3.56. The molecule has 0 unspecified atom stereocenters. The molecule has 2 aromatic rings. The zero-order valence-corrected chi connectivity index (χ0v) is 14.3. The van der Waals surface area contributed by atoms with Gasteiger partial charge in [-0.25, -0.2) is 0 Å². The van der Waals surface area contributed by atoms with Gasteiger partial charge < -0.3 is 19.5 Å². The molecule has 0 aromatic heterocycles. The number of rotatable bonds is 8. The largest absolute Gasteiger partial charge is 0.493 e. The smallest absolute Gasteiger partial charge is 0.161 e. The highest BCUT2D eigenvalue weighted by Crippen LogP contribution is 2.28. The van der Waals surface area contributed by atoms with Gasteiger partial charge in [0, 0.05) is 6.54 Å². The van der Waals surface area contributed by atoms with Crippen LogP contribution in [0, 0.1) is 13.8 Å². The van der Waals surface area contributed by atoms with E-state index in [2.05, 4.69) is 18.3 Å². The predicted octanol–water partition coefficient (Wildman–Crippen LogP) is 3.49. The van der Waals surface area contributed by atoms with Crippen molar-refractivity contribution in [2.45, 2.75) is 20.4 Å². The minimum atomic E-state index is 0.465. The van der Waals surface area contributed by atoms with Crippen molar-refractivity contribution in [3.63, 3.8) is 0 Å². The van der Waals surface area contributed by atoms with Crippen LogP contribution in [0.3, 0.4) is 0 Å². The van der Waals surface area contributed by atoms with Gasteiger partial charge in [0.15, 0.2) is 11.5 Å². The lowest BCUT2D eigenvalue weighted by Crippen LogP contribution is -2.11. The summed E-state index contributed by atoms with van der Waals surface area (Å²) in [6, 6.07) is 12.1. The minimum absolute atomic E-state index is 0.465. The lowest BCUT2D eigenvalue weighted by molar-refractivity contribution is 0.210. The van der Waals surface area contributed by atoms with Crippen molar-refractivity contribution in [1.29, 1.82) is 0 Å². The van der Waals surface area contributed by atoms with E-state index in [1.165, 1.54) is 5.56 Å². The quantitative estimate of drug-likeness (QED) is 0.757. The first kappa shape index (κ1) is 17.2. The van der Waals surface area contributed by atoms with Crippen LogP contribution in [0.25, 0.3) is 0 Å². The highest BCUT2D eigenvalue weighted by Gasteiger charge is 2.06. The SMILES string of the molecule is CNCc1ccc(OC)c(OCCOc2ccc(C)cc2C)c1. The topological polar surface area (TPSA) is 39.7 Å². The van der Waals surface area contributed by atoms with Crippen LogP contribution in [0.5, 0.6) is 17.2 Å². The Morgan fingerprint density at radius 3 is 2.22 bits per heavy atom. The lowest BCUT2D eigenvalue weighted by atomic mass is 10.1. The van der Waals surface area contributed by atoms with Crippen molar-refractivity contribution < 1.29 is 14.2 Å². The molecule has 0 aliphatic rings. The van der Waals surface area contributed by atoms with E-state index in [1.54, 1.807) is 7.11 Å². The molecule has 0 saturated heterocycles. The van der Waals surface area contributed by atoms with Crippen LogP contribution in [0.15, 0.2) is 36.4 Å². The Labute approximate surface area is 138 Å². The van der Waals surface area contributed by atoms with Gasteiger partial charge in [-0.1, -0.05) is 23.8 Å². The fourth-order valence-electron chi connectivity index (χ4n) is 2.41. The maximum atomic E-state index is 5.82. The summed E-state index contributed by atoms with van der Waals surface area (Å²) < 4.78 is 16.9. The summed E-state index contributed by atoms with van der Waals surface area (Å²) in [6.07, 6.45) is 0. The Morgan fingerprint density at radius 2 is 1.57 bits per heavy atom. The van der Waals surface area contributed by atoms with Gasteiger partial charge in [-0.05, 0) is 50.2 Å². The van der Waals surface area contributed by atoms with E-state index in [9.17, 15) is 0 Å². The second-order valence-electron chi connectivity index (χ2n) is 5.48. The highest BCUT2D eigenvalue weighted by molar-refractivity contribution is 5.43. The first-order valence-corrected chi connectivity index (χ1v) is 7.78. The van der Waals surface area contributed by atoms with E-state index >= 15 is 0 Å². The molecule has 0 aliphatic heterocycles. The molecule has 0 saturated carbocycles. The molecule has 1 N–H and O–H groups in total. The van der Waals surface area contributed by atoms with Crippen molar-refractivity contribution in [2.75, 3.05) is 27.4 Å². The molecule has 4 nitrogen and oxygen atoms in total. The van der Waals surface area contributed by atoms with E-state index in [0.29, 0.717) is 13.2 Å². The normalized spacial score (nSPS) is 10.4. The number of hydrogen-bond donors (Lipinski definition) is 1. The third-order valence-electron chi connectivity index (χ3n) is 3.54. The van der Waals surface area contributed by atoms with E-state index in [1.807, 2.05) is 44.3 Å².